The molecular weight excluding hydrogens is 236 g/mol. The van der Waals surface area contributed by atoms with Gasteiger partial charge in [-0.3, -0.25) is 0 Å². The quantitative estimate of drug-likeness (QED) is 0.832. The maximum atomic E-state index is 10.8. The Hall–Kier alpha value is -0.910. The Morgan fingerprint density at radius 2 is 2.00 bits per heavy atom. The van der Waals surface area contributed by atoms with Crippen LogP contribution >= 0.6 is 0 Å². The lowest BCUT2D eigenvalue weighted by molar-refractivity contribution is 0.572. The lowest BCUT2D eigenvalue weighted by Gasteiger charge is -2.16. The zero-order valence-electron chi connectivity index (χ0n) is 10.5. The molecule has 3 N–H and O–H groups in total. The van der Waals surface area contributed by atoms with Crippen molar-refractivity contribution in [2.24, 2.45) is 5.14 Å². The molecule has 0 heterocycles. The van der Waals surface area contributed by atoms with Gasteiger partial charge in [0.05, 0.1) is 5.75 Å². The molecule has 1 aromatic rings. The van der Waals surface area contributed by atoms with E-state index in [1.54, 1.807) is 0 Å². The first-order chi connectivity index (χ1) is 7.79. The molecule has 1 unspecified atom stereocenters. The van der Waals surface area contributed by atoms with Gasteiger partial charge in [-0.2, -0.15) is 0 Å². The molecule has 96 valence electrons. The first-order valence-corrected chi connectivity index (χ1v) is 7.32. The molecular formula is C12H20N2O2S. The molecule has 0 amide bonds. The van der Waals surface area contributed by atoms with Crippen LogP contribution in [0.5, 0.6) is 0 Å². The minimum Gasteiger partial charge on any atom is -0.309 e. The highest BCUT2D eigenvalue weighted by Gasteiger charge is 2.09. The summed E-state index contributed by atoms with van der Waals surface area (Å²) in [6.07, 6.45) is 0. The molecule has 17 heavy (non-hydrogen) atoms. The summed E-state index contributed by atoms with van der Waals surface area (Å²) in [6, 6.07) is 6.37. The number of hydrogen-bond donors (Lipinski definition) is 2. The van der Waals surface area contributed by atoms with Crippen molar-refractivity contribution in [3.63, 3.8) is 0 Å². The standard InChI is InChI=1S/C12H20N2O2S/c1-9-4-5-12(10(2)8-9)11(3)14-6-7-17(13,15)16/h4-5,8,11,14H,6-7H2,1-3H3,(H2,13,15,16). The summed E-state index contributed by atoms with van der Waals surface area (Å²) in [5.41, 5.74) is 3.62. The highest BCUT2D eigenvalue weighted by molar-refractivity contribution is 7.89. The van der Waals surface area contributed by atoms with Crippen LogP contribution in [0.2, 0.25) is 0 Å². The third kappa shape index (κ3) is 4.85. The zero-order chi connectivity index (χ0) is 13.1. The molecule has 5 heteroatoms. The van der Waals surface area contributed by atoms with E-state index < -0.39 is 10.0 Å². The molecule has 0 radical (unpaired) electrons. The molecule has 0 saturated carbocycles. The van der Waals surface area contributed by atoms with Gasteiger partial charge >= 0.3 is 0 Å². The van der Waals surface area contributed by atoms with Gasteiger partial charge in [0.1, 0.15) is 0 Å². The van der Waals surface area contributed by atoms with Crippen LogP contribution in [0, 0.1) is 13.8 Å². The van der Waals surface area contributed by atoms with Gasteiger partial charge < -0.3 is 5.32 Å². The van der Waals surface area contributed by atoms with Gasteiger partial charge in [-0.25, -0.2) is 13.6 Å². The average molecular weight is 256 g/mol. The van der Waals surface area contributed by atoms with Crippen molar-refractivity contribution in [3.8, 4) is 0 Å². The number of nitrogens with one attached hydrogen (secondary N) is 1. The van der Waals surface area contributed by atoms with Gasteiger partial charge in [0.25, 0.3) is 0 Å². The van der Waals surface area contributed by atoms with Crippen molar-refractivity contribution in [1.29, 1.82) is 0 Å². The molecule has 1 aromatic carbocycles. The fraction of sp³-hybridized carbons (Fsp3) is 0.500. The molecule has 0 aliphatic rings. The van der Waals surface area contributed by atoms with Crippen LogP contribution < -0.4 is 10.5 Å². The van der Waals surface area contributed by atoms with Crippen molar-refractivity contribution < 1.29 is 8.42 Å². The molecule has 0 spiro atoms. The predicted octanol–water partition coefficient (Wildman–Crippen LogP) is 1.24. The first kappa shape index (κ1) is 14.2. The van der Waals surface area contributed by atoms with Crippen LogP contribution in [-0.4, -0.2) is 20.7 Å². The van der Waals surface area contributed by atoms with Crippen LogP contribution in [0.25, 0.3) is 0 Å². The second-order valence-corrected chi connectivity index (χ2v) is 6.14. The fourth-order valence-corrected chi connectivity index (χ4v) is 2.24. The molecule has 0 bridgehead atoms. The third-order valence-electron chi connectivity index (χ3n) is 2.73. The molecule has 0 saturated heterocycles. The van der Waals surface area contributed by atoms with Gasteiger partial charge in [-0.15, -0.1) is 0 Å². The van der Waals surface area contributed by atoms with Crippen LogP contribution in [0.3, 0.4) is 0 Å². The number of rotatable bonds is 5. The Morgan fingerprint density at radius 3 is 2.53 bits per heavy atom. The molecule has 1 rings (SSSR count). The van der Waals surface area contributed by atoms with E-state index in [-0.39, 0.29) is 11.8 Å². The number of benzene rings is 1. The summed E-state index contributed by atoms with van der Waals surface area (Å²) in [6.45, 7) is 6.49. The van der Waals surface area contributed by atoms with E-state index in [0.29, 0.717) is 6.54 Å². The van der Waals surface area contributed by atoms with Crippen LogP contribution in [0.4, 0.5) is 0 Å². The van der Waals surface area contributed by atoms with Crippen molar-refractivity contribution in [1.82, 2.24) is 5.32 Å². The Labute approximate surface area is 103 Å². The number of hydrogen-bond acceptors (Lipinski definition) is 3. The Bertz CT molecular complexity index is 483. The third-order valence-corrected chi connectivity index (χ3v) is 3.50. The molecule has 0 fully saturated rings. The largest absolute Gasteiger partial charge is 0.309 e. The molecule has 1 atom stereocenters. The van der Waals surface area contributed by atoms with Gasteiger partial charge in [0, 0.05) is 12.6 Å². The monoisotopic (exact) mass is 256 g/mol. The molecule has 0 aromatic heterocycles. The van der Waals surface area contributed by atoms with E-state index in [1.165, 1.54) is 16.7 Å². The highest BCUT2D eigenvalue weighted by Crippen LogP contribution is 2.18. The maximum Gasteiger partial charge on any atom is 0.210 e. The van der Waals surface area contributed by atoms with Crippen molar-refractivity contribution >= 4 is 10.0 Å². The lowest BCUT2D eigenvalue weighted by atomic mass is 10.0. The fourth-order valence-electron chi connectivity index (χ4n) is 1.84. The van der Waals surface area contributed by atoms with Crippen molar-refractivity contribution in [3.05, 3.63) is 34.9 Å². The number of nitrogens with two attached hydrogens (primary N) is 1. The van der Waals surface area contributed by atoms with Gasteiger partial charge in [0.2, 0.25) is 10.0 Å². The van der Waals surface area contributed by atoms with Gasteiger partial charge in [-0.05, 0) is 31.9 Å². The normalized spacial score (nSPS) is 13.6. The first-order valence-electron chi connectivity index (χ1n) is 5.60. The average Bonchev–Trinajstić information content (AvgIpc) is 2.15. The van der Waals surface area contributed by atoms with Crippen LogP contribution in [-0.2, 0) is 10.0 Å². The molecule has 4 nitrogen and oxygen atoms in total. The Morgan fingerprint density at radius 1 is 1.35 bits per heavy atom. The second kappa shape index (κ2) is 5.62. The van der Waals surface area contributed by atoms with E-state index in [1.807, 2.05) is 6.92 Å². The lowest BCUT2D eigenvalue weighted by Crippen LogP contribution is -2.29. The van der Waals surface area contributed by atoms with E-state index in [9.17, 15) is 8.42 Å². The number of aryl methyl sites for hydroxylation is 2. The minimum absolute atomic E-state index is 0.0394. The number of sulfonamides is 1. The van der Waals surface area contributed by atoms with E-state index in [0.717, 1.165) is 0 Å². The second-order valence-electron chi connectivity index (χ2n) is 4.40. The number of primary sulfonamides is 1. The Kier molecular flexibility index (Phi) is 4.68. The van der Waals surface area contributed by atoms with Gasteiger partial charge in [0.15, 0.2) is 0 Å². The van der Waals surface area contributed by atoms with Crippen LogP contribution in [0.1, 0.15) is 29.7 Å². The summed E-state index contributed by atoms with van der Waals surface area (Å²) in [5, 5.41) is 8.10. The Balaban J connectivity index is 2.61. The van der Waals surface area contributed by atoms with Crippen LogP contribution in [0.15, 0.2) is 18.2 Å². The molecule has 0 aliphatic carbocycles. The minimum atomic E-state index is -3.38. The van der Waals surface area contributed by atoms with E-state index >= 15 is 0 Å². The summed E-state index contributed by atoms with van der Waals surface area (Å²) in [4.78, 5) is 0. The van der Waals surface area contributed by atoms with Crippen molar-refractivity contribution in [2.45, 2.75) is 26.8 Å². The van der Waals surface area contributed by atoms with Crippen molar-refractivity contribution in [2.75, 3.05) is 12.3 Å². The highest BCUT2D eigenvalue weighted by atomic mass is 32.2. The summed E-state index contributed by atoms with van der Waals surface area (Å²) in [7, 11) is -3.38. The molecule has 0 aliphatic heterocycles. The SMILES string of the molecule is Cc1ccc(C(C)NCCS(N)(=O)=O)c(C)c1. The van der Waals surface area contributed by atoms with E-state index in [2.05, 4.69) is 37.4 Å². The maximum absolute atomic E-state index is 10.8. The summed E-state index contributed by atoms with van der Waals surface area (Å²) < 4.78 is 21.6. The predicted molar refractivity (Wildman–Crippen MR) is 70.3 cm³/mol. The summed E-state index contributed by atoms with van der Waals surface area (Å²) >= 11 is 0. The van der Waals surface area contributed by atoms with Gasteiger partial charge in [-0.1, -0.05) is 23.8 Å². The topological polar surface area (TPSA) is 72.2 Å². The smallest absolute Gasteiger partial charge is 0.210 e. The zero-order valence-corrected chi connectivity index (χ0v) is 11.3. The summed E-state index contributed by atoms with van der Waals surface area (Å²) in [5.74, 6) is -0.0394. The van der Waals surface area contributed by atoms with E-state index in [4.69, 9.17) is 5.14 Å².